The number of hydrogen-bond donors (Lipinski definition) is 1. The molecule has 3 heterocycles. The molecule has 0 radical (unpaired) electrons. The van der Waals surface area contributed by atoms with Crippen LogP contribution in [0.3, 0.4) is 0 Å². The highest BCUT2D eigenvalue weighted by atomic mass is 35.5. The number of aromatic amines is 1. The average molecular weight is 443 g/mol. The molecule has 0 saturated heterocycles. The molecule has 156 valence electrons. The van der Waals surface area contributed by atoms with E-state index in [1.165, 1.54) is 5.56 Å². The van der Waals surface area contributed by atoms with Gasteiger partial charge in [-0.25, -0.2) is 0 Å². The van der Waals surface area contributed by atoms with Gasteiger partial charge in [0, 0.05) is 35.8 Å². The van der Waals surface area contributed by atoms with Crippen molar-refractivity contribution in [1.82, 2.24) is 20.1 Å². The number of hydrogen-bond acceptors (Lipinski definition) is 4. The summed E-state index contributed by atoms with van der Waals surface area (Å²) in [5, 5.41) is 9.43. The molecule has 5 nitrogen and oxygen atoms in total. The lowest BCUT2D eigenvalue weighted by Crippen LogP contribution is -2.23. The van der Waals surface area contributed by atoms with Gasteiger partial charge in [-0.2, -0.15) is 5.10 Å². The Labute approximate surface area is 186 Å². The van der Waals surface area contributed by atoms with Gasteiger partial charge in [0.15, 0.2) is 0 Å². The SMILES string of the molecule is CN1Cc2cc(Cl)cnc2-c2c(C3CCC(Oc4cccc(Cl)c4)CC3)n[nH]c2C1. The average Bonchev–Trinajstić information content (AvgIpc) is 3.06. The normalized spacial score (nSPS) is 21.6. The predicted octanol–water partition coefficient (Wildman–Crippen LogP) is 5.83. The van der Waals surface area contributed by atoms with Crippen LogP contribution in [0.25, 0.3) is 11.3 Å². The zero-order chi connectivity index (χ0) is 20.7. The largest absolute Gasteiger partial charge is 0.490 e. The van der Waals surface area contributed by atoms with Gasteiger partial charge in [0.2, 0.25) is 0 Å². The van der Waals surface area contributed by atoms with Crippen LogP contribution in [-0.2, 0) is 13.1 Å². The van der Waals surface area contributed by atoms with Crippen molar-refractivity contribution in [3.63, 3.8) is 0 Å². The van der Waals surface area contributed by atoms with Gasteiger partial charge in [-0.05, 0) is 62.6 Å². The van der Waals surface area contributed by atoms with Gasteiger partial charge in [-0.3, -0.25) is 15.0 Å². The second-order valence-electron chi connectivity index (χ2n) is 8.34. The molecule has 1 aromatic carbocycles. The van der Waals surface area contributed by atoms with Crippen LogP contribution in [0.2, 0.25) is 10.0 Å². The van der Waals surface area contributed by atoms with Crippen molar-refractivity contribution in [2.24, 2.45) is 0 Å². The van der Waals surface area contributed by atoms with E-state index in [1.54, 1.807) is 6.20 Å². The number of H-pyrrole nitrogens is 1. The highest BCUT2D eigenvalue weighted by molar-refractivity contribution is 6.30. The topological polar surface area (TPSA) is 54.0 Å². The van der Waals surface area contributed by atoms with Gasteiger partial charge >= 0.3 is 0 Å². The summed E-state index contributed by atoms with van der Waals surface area (Å²) in [4.78, 5) is 6.97. The molecular weight excluding hydrogens is 419 g/mol. The Balaban J connectivity index is 1.37. The first-order chi connectivity index (χ1) is 14.6. The summed E-state index contributed by atoms with van der Waals surface area (Å²) in [5.41, 5.74) is 5.62. The maximum atomic E-state index is 6.23. The number of halogens is 2. The lowest BCUT2D eigenvalue weighted by molar-refractivity contribution is 0.146. The fourth-order valence-corrected chi connectivity index (χ4v) is 5.06. The maximum Gasteiger partial charge on any atom is 0.121 e. The standard InChI is InChI=1S/C23H24Cl2N4O/c1-29-12-15-9-17(25)11-26-22(15)21-20(13-29)27-28-23(21)14-5-7-18(8-6-14)30-19-4-2-3-16(24)10-19/h2-4,9-11,14,18H,5-8,12-13H2,1H3,(H,27,28). The van der Waals surface area contributed by atoms with Gasteiger partial charge in [0.05, 0.1) is 28.2 Å². The number of nitrogens with one attached hydrogen (secondary N) is 1. The number of aromatic nitrogens is 3. The van der Waals surface area contributed by atoms with Crippen molar-refractivity contribution in [1.29, 1.82) is 0 Å². The first-order valence-electron chi connectivity index (χ1n) is 10.4. The Morgan fingerprint density at radius 2 is 1.90 bits per heavy atom. The minimum absolute atomic E-state index is 0.215. The second-order valence-corrected chi connectivity index (χ2v) is 9.22. The summed E-state index contributed by atoms with van der Waals surface area (Å²) in [6.45, 7) is 1.65. The van der Waals surface area contributed by atoms with Gasteiger partial charge < -0.3 is 4.74 Å². The molecule has 0 bridgehead atoms. The molecule has 2 aromatic heterocycles. The van der Waals surface area contributed by atoms with Crippen LogP contribution in [0.1, 0.15) is 48.6 Å². The number of ether oxygens (including phenoxy) is 1. The molecule has 0 spiro atoms. The lowest BCUT2D eigenvalue weighted by atomic mass is 9.83. The Kier molecular flexibility index (Phi) is 5.44. The van der Waals surface area contributed by atoms with E-state index in [4.69, 9.17) is 38.0 Å². The lowest BCUT2D eigenvalue weighted by Gasteiger charge is -2.28. The maximum absolute atomic E-state index is 6.23. The zero-order valence-electron chi connectivity index (χ0n) is 16.9. The molecule has 1 saturated carbocycles. The van der Waals surface area contributed by atoms with Gasteiger partial charge in [0.25, 0.3) is 0 Å². The van der Waals surface area contributed by atoms with E-state index in [1.807, 2.05) is 30.3 Å². The molecule has 1 aliphatic heterocycles. The van der Waals surface area contributed by atoms with Gasteiger partial charge in [-0.15, -0.1) is 0 Å². The Morgan fingerprint density at radius 3 is 2.70 bits per heavy atom. The summed E-state index contributed by atoms with van der Waals surface area (Å²) < 4.78 is 6.17. The Hall–Kier alpha value is -2.08. The second kappa shape index (κ2) is 8.22. The summed E-state index contributed by atoms with van der Waals surface area (Å²) in [5.74, 6) is 1.25. The monoisotopic (exact) mass is 442 g/mol. The quantitative estimate of drug-likeness (QED) is 0.554. The van der Waals surface area contributed by atoms with Gasteiger partial charge in [0.1, 0.15) is 5.75 Å². The highest BCUT2D eigenvalue weighted by Crippen LogP contribution is 2.41. The van der Waals surface area contributed by atoms with Crippen molar-refractivity contribution in [3.8, 4) is 17.0 Å². The van der Waals surface area contributed by atoms with Crippen LogP contribution in [0, 0.1) is 0 Å². The smallest absolute Gasteiger partial charge is 0.121 e. The number of benzene rings is 1. The Bertz CT molecular complexity index is 1060. The van der Waals surface area contributed by atoms with Crippen molar-refractivity contribution in [3.05, 3.63) is 63.5 Å². The zero-order valence-corrected chi connectivity index (χ0v) is 18.4. The third-order valence-electron chi connectivity index (χ3n) is 6.07. The molecule has 0 unspecified atom stereocenters. The fourth-order valence-electron chi connectivity index (χ4n) is 4.70. The number of rotatable bonds is 3. The summed E-state index contributed by atoms with van der Waals surface area (Å²) in [6, 6.07) is 9.67. The van der Waals surface area contributed by atoms with Crippen molar-refractivity contribution >= 4 is 23.2 Å². The van der Waals surface area contributed by atoms with Crippen LogP contribution in [0.5, 0.6) is 5.75 Å². The minimum atomic E-state index is 0.215. The molecule has 5 rings (SSSR count). The molecule has 2 aliphatic rings. The summed E-state index contributed by atoms with van der Waals surface area (Å²) >= 11 is 12.3. The summed E-state index contributed by atoms with van der Waals surface area (Å²) in [7, 11) is 2.11. The first kappa shape index (κ1) is 19.9. The van der Waals surface area contributed by atoms with Crippen LogP contribution in [0.4, 0.5) is 0 Å². The van der Waals surface area contributed by atoms with Crippen LogP contribution < -0.4 is 4.74 Å². The van der Waals surface area contributed by atoms with Crippen molar-refractivity contribution in [2.75, 3.05) is 7.05 Å². The summed E-state index contributed by atoms with van der Waals surface area (Å²) in [6.07, 6.45) is 6.04. The highest BCUT2D eigenvalue weighted by Gasteiger charge is 2.31. The molecule has 1 N–H and O–H groups in total. The molecule has 0 atom stereocenters. The third kappa shape index (κ3) is 3.94. The molecule has 7 heteroatoms. The molecule has 0 amide bonds. The Morgan fingerprint density at radius 1 is 1.07 bits per heavy atom. The van der Waals surface area contributed by atoms with E-state index >= 15 is 0 Å². The number of pyridine rings is 1. The molecule has 1 aliphatic carbocycles. The predicted molar refractivity (Wildman–Crippen MR) is 119 cm³/mol. The van der Waals surface area contributed by atoms with Gasteiger partial charge in [-0.1, -0.05) is 29.3 Å². The van der Waals surface area contributed by atoms with E-state index in [0.717, 1.165) is 67.2 Å². The fraction of sp³-hybridized carbons (Fsp3) is 0.391. The minimum Gasteiger partial charge on any atom is -0.490 e. The molecule has 1 fully saturated rings. The van der Waals surface area contributed by atoms with E-state index in [2.05, 4.69) is 17.0 Å². The van der Waals surface area contributed by atoms with E-state index in [0.29, 0.717) is 16.0 Å². The van der Waals surface area contributed by atoms with Crippen LogP contribution >= 0.6 is 23.2 Å². The van der Waals surface area contributed by atoms with E-state index < -0.39 is 0 Å². The van der Waals surface area contributed by atoms with Crippen LogP contribution in [0.15, 0.2) is 36.5 Å². The van der Waals surface area contributed by atoms with Crippen molar-refractivity contribution < 1.29 is 4.74 Å². The third-order valence-corrected chi connectivity index (χ3v) is 6.51. The molecule has 30 heavy (non-hydrogen) atoms. The first-order valence-corrected chi connectivity index (χ1v) is 11.1. The van der Waals surface area contributed by atoms with E-state index in [-0.39, 0.29) is 6.10 Å². The van der Waals surface area contributed by atoms with Crippen molar-refractivity contribution in [2.45, 2.75) is 50.8 Å². The van der Waals surface area contributed by atoms with E-state index in [9.17, 15) is 0 Å². The van der Waals surface area contributed by atoms with Crippen LogP contribution in [-0.4, -0.2) is 33.2 Å². The molecular formula is C23H24Cl2N4O. The molecule has 3 aromatic rings. The number of fused-ring (bicyclic) bond motifs is 3. The number of nitrogens with zero attached hydrogens (tertiary/aromatic N) is 3.